The standard InChI is InChI=1S/C9H16FNO2/c1-9(2,3)13-11-5-4-8(12)7(10)6-11/h7H,4-6H2,1-3H3. The lowest BCUT2D eigenvalue weighted by Crippen LogP contribution is -2.45. The zero-order valence-electron chi connectivity index (χ0n) is 8.34. The molecule has 1 aliphatic rings. The summed E-state index contributed by atoms with van der Waals surface area (Å²) in [5.41, 5.74) is -0.319. The van der Waals surface area contributed by atoms with Crippen LogP contribution < -0.4 is 0 Å². The molecule has 1 fully saturated rings. The van der Waals surface area contributed by atoms with E-state index in [-0.39, 0.29) is 24.3 Å². The number of nitrogens with zero attached hydrogens (tertiary/aromatic N) is 1. The van der Waals surface area contributed by atoms with Gasteiger partial charge in [-0.1, -0.05) is 0 Å². The van der Waals surface area contributed by atoms with Crippen molar-refractivity contribution in [1.29, 1.82) is 0 Å². The van der Waals surface area contributed by atoms with E-state index < -0.39 is 6.17 Å². The van der Waals surface area contributed by atoms with Crippen LogP contribution in [0, 0.1) is 0 Å². The number of hydrogen-bond donors (Lipinski definition) is 0. The van der Waals surface area contributed by atoms with Gasteiger partial charge in [0.15, 0.2) is 12.0 Å². The molecule has 1 atom stereocenters. The molecule has 0 aromatic rings. The van der Waals surface area contributed by atoms with Gasteiger partial charge in [-0.05, 0) is 20.8 Å². The molecule has 0 N–H and O–H groups in total. The average Bonchev–Trinajstić information content (AvgIpc) is 1.94. The summed E-state index contributed by atoms with van der Waals surface area (Å²) in [6, 6.07) is 0. The quantitative estimate of drug-likeness (QED) is 0.623. The molecular formula is C9H16FNO2. The number of hydrogen-bond acceptors (Lipinski definition) is 3. The Morgan fingerprint density at radius 1 is 1.54 bits per heavy atom. The van der Waals surface area contributed by atoms with Crippen LogP contribution in [0.4, 0.5) is 4.39 Å². The van der Waals surface area contributed by atoms with E-state index in [0.717, 1.165) is 0 Å². The van der Waals surface area contributed by atoms with Crippen molar-refractivity contribution in [2.45, 2.75) is 39.0 Å². The molecule has 0 bridgehead atoms. The Hall–Kier alpha value is -0.480. The minimum atomic E-state index is -1.38. The molecule has 1 heterocycles. The Kier molecular flexibility index (Phi) is 3.03. The van der Waals surface area contributed by atoms with Crippen LogP contribution in [-0.2, 0) is 9.63 Å². The molecular weight excluding hydrogens is 173 g/mol. The van der Waals surface area contributed by atoms with E-state index in [9.17, 15) is 9.18 Å². The van der Waals surface area contributed by atoms with Crippen molar-refractivity contribution in [3.05, 3.63) is 0 Å². The van der Waals surface area contributed by atoms with Crippen LogP contribution in [0.3, 0.4) is 0 Å². The summed E-state index contributed by atoms with van der Waals surface area (Å²) in [7, 11) is 0. The zero-order chi connectivity index (χ0) is 10.1. The molecule has 4 heteroatoms. The van der Waals surface area contributed by atoms with E-state index in [2.05, 4.69) is 0 Å². The third-order valence-corrected chi connectivity index (χ3v) is 1.72. The maximum atomic E-state index is 12.9. The Balaban J connectivity index is 2.42. The van der Waals surface area contributed by atoms with Gasteiger partial charge in [-0.25, -0.2) is 4.39 Å². The third kappa shape index (κ3) is 3.40. The summed E-state index contributed by atoms with van der Waals surface area (Å²) in [6.07, 6.45) is -1.13. The highest BCUT2D eigenvalue weighted by molar-refractivity contribution is 5.83. The smallest absolute Gasteiger partial charge is 0.173 e. The first-order chi connectivity index (χ1) is 5.88. The third-order valence-electron chi connectivity index (χ3n) is 1.72. The van der Waals surface area contributed by atoms with Gasteiger partial charge in [-0.2, -0.15) is 5.06 Å². The van der Waals surface area contributed by atoms with Crippen LogP contribution in [-0.4, -0.2) is 35.7 Å². The highest BCUT2D eigenvalue weighted by Gasteiger charge is 2.29. The highest BCUT2D eigenvalue weighted by atomic mass is 19.1. The Morgan fingerprint density at radius 2 is 2.15 bits per heavy atom. The highest BCUT2D eigenvalue weighted by Crippen LogP contribution is 2.16. The number of ketones is 1. The molecule has 0 radical (unpaired) electrons. The molecule has 1 aliphatic heterocycles. The number of rotatable bonds is 1. The molecule has 1 rings (SSSR count). The SMILES string of the molecule is CC(C)(C)ON1CCC(=O)C(F)C1. The van der Waals surface area contributed by atoms with Crippen LogP contribution >= 0.6 is 0 Å². The molecule has 0 spiro atoms. The summed E-state index contributed by atoms with van der Waals surface area (Å²) in [5, 5.41) is 1.53. The first-order valence-electron chi connectivity index (χ1n) is 4.49. The Labute approximate surface area is 77.8 Å². The molecule has 0 saturated carbocycles. The summed E-state index contributed by atoms with van der Waals surface area (Å²) in [4.78, 5) is 16.3. The number of Topliss-reactive ketones (excluding diaryl/α,β-unsaturated/α-hetero) is 1. The van der Waals surface area contributed by atoms with Crippen LogP contribution in [0.25, 0.3) is 0 Å². The van der Waals surface area contributed by atoms with Gasteiger partial charge >= 0.3 is 0 Å². The molecule has 1 saturated heterocycles. The second-order valence-electron chi connectivity index (χ2n) is 4.28. The zero-order valence-corrected chi connectivity index (χ0v) is 8.34. The fourth-order valence-corrected chi connectivity index (χ4v) is 1.23. The van der Waals surface area contributed by atoms with Crippen molar-refractivity contribution in [2.75, 3.05) is 13.1 Å². The summed E-state index contributed by atoms with van der Waals surface area (Å²) in [6.45, 7) is 6.26. The van der Waals surface area contributed by atoms with Crippen LogP contribution in [0.1, 0.15) is 27.2 Å². The lowest BCUT2D eigenvalue weighted by atomic mass is 10.1. The van der Waals surface area contributed by atoms with Crippen molar-refractivity contribution in [2.24, 2.45) is 0 Å². The normalized spacial score (nSPS) is 26.5. The van der Waals surface area contributed by atoms with E-state index >= 15 is 0 Å². The fraction of sp³-hybridized carbons (Fsp3) is 0.889. The second-order valence-corrected chi connectivity index (χ2v) is 4.28. The maximum Gasteiger partial charge on any atom is 0.173 e. The predicted octanol–water partition coefficient (Wildman–Crippen LogP) is 1.33. The van der Waals surface area contributed by atoms with Gasteiger partial charge in [0.25, 0.3) is 0 Å². The minimum Gasteiger partial charge on any atom is -0.296 e. The lowest BCUT2D eigenvalue weighted by molar-refractivity contribution is -0.239. The molecule has 13 heavy (non-hydrogen) atoms. The van der Waals surface area contributed by atoms with Crippen LogP contribution in [0.2, 0.25) is 0 Å². The van der Waals surface area contributed by atoms with Crippen molar-refractivity contribution in [3.63, 3.8) is 0 Å². The second kappa shape index (κ2) is 3.72. The molecule has 1 unspecified atom stereocenters. The molecule has 3 nitrogen and oxygen atoms in total. The molecule has 76 valence electrons. The van der Waals surface area contributed by atoms with E-state index in [0.29, 0.717) is 6.54 Å². The predicted molar refractivity (Wildman–Crippen MR) is 46.9 cm³/mol. The Bertz CT molecular complexity index is 200. The summed E-state index contributed by atoms with van der Waals surface area (Å²) >= 11 is 0. The number of hydroxylamine groups is 2. The lowest BCUT2D eigenvalue weighted by Gasteiger charge is -2.33. The fourth-order valence-electron chi connectivity index (χ4n) is 1.23. The van der Waals surface area contributed by atoms with Crippen LogP contribution in [0.5, 0.6) is 0 Å². The largest absolute Gasteiger partial charge is 0.296 e. The minimum absolute atomic E-state index is 0.0656. The number of carbonyl (C=O) groups is 1. The van der Waals surface area contributed by atoms with Crippen LogP contribution in [0.15, 0.2) is 0 Å². The summed E-state index contributed by atoms with van der Waals surface area (Å²) < 4.78 is 12.9. The first kappa shape index (κ1) is 10.6. The maximum absolute atomic E-state index is 12.9. The number of halogens is 1. The van der Waals surface area contributed by atoms with Gasteiger partial charge in [0.2, 0.25) is 0 Å². The van der Waals surface area contributed by atoms with Gasteiger partial charge in [-0.3, -0.25) is 9.63 Å². The van der Waals surface area contributed by atoms with Gasteiger partial charge in [0.1, 0.15) is 0 Å². The molecule has 0 aliphatic carbocycles. The van der Waals surface area contributed by atoms with Gasteiger partial charge in [-0.15, -0.1) is 0 Å². The number of carbonyl (C=O) groups excluding carboxylic acids is 1. The number of piperidine rings is 1. The number of alkyl halides is 1. The van der Waals surface area contributed by atoms with Gasteiger partial charge < -0.3 is 0 Å². The van der Waals surface area contributed by atoms with Crippen molar-refractivity contribution < 1.29 is 14.0 Å². The average molecular weight is 189 g/mol. The van der Waals surface area contributed by atoms with Crippen molar-refractivity contribution >= 4 is 5.78 Å². The molecule has 0 aromatic heterocycles. The van der Waals surface area contributed by atoms with E-state index in [1.54, 1.807) is 0 Å². The summed E-state index contributed by atoms with van der Waals surface area (Å²) in [5.74, 6) is -0.311. The topological polar surface area (TPSA) is 29.5 Å². The Morgan fingerprint density at radius 3 is 2.62 bits per heavy atom. The molecule has 0 aromatic carbocycles. The van der Waals surface area contributed by atoms with E-state index in [1.807, 2.05) is 20.8 Å². The monoisotopic (exact) mass is 189 g/mol. The van der Waals surface area contributed by atoms with E-state index in [1.165, 1.54) is 5.06 Å². The van der Waals surface area contributed by atoms with E-state index in [4.69, 9.17) is 4.84 Å². The molecule has 0 amide bonds. The van der Waals surface area contributed by atoms with Gasteiger partial charge in [0, 0.05) is 13.0 Å². The van der Waals surface area contributed by atoms with Gasteiger partial charge in [0.05, 0.1) is 12.1 Å². The van der Waals surface area contributed by atoms with Crippen molar-refractivity contribution in [3.8, 4) is 0 Å². The first-order valence-corrected chi connectivity index (χ1v) is 4.49. The van der Waals surface area contributed by atoms with Crippen molar-refractivity contribution in [1.82, 2.24) is 5.06 Å².